The van der Waals surface area contributed by atoms with Crippen LogP contribution in [0.5, 0.6) is 0 Å². The molecule has 1 N–H and O–H groups in total. The molecule has 23 heavy (non-hydrogen) atoms. The number of hydrogen-bond acceptors (Lipinski definition) is 2. The Hall–Kier alpha value is -0.980. The van der Waals surface area contributed by atoms with Crippen LogP contribution in [0, 0.1) is 5.92 Å². The summed E-state index contributed by atoms with van der Waals surface area (Å²) in [5.41, 5.74) is 0. The number of fused-ring (bicyclic) bond motifs is 1. The molecule has 2 heterocycles. The number of amides is 2. The van der Waals surface area contributed by atoms with E-state index >= 15 is 0 Å². The molecule has 0 unspecified atom stereocenters. The van der Waals surface area contributed by atoms with Gasteiger partial charge in [0, 0.05) is 25.7 Å². The van der Waals surface area contributed by atoms with Crippen molar-refractivity contribution in [2.75, 3.05) is 26.2 Å². The van der Waals surface area contributed by atoms with E-state index in [0.717, 1.165) is 38.8 Å². The van der Waals surface area contributed by atoms with Gasteiger partial charge in [-0.05, 0) is 38.1 Å². The molecule has 3 rings (SSSR count). The Morgan fingerprint density at radius 2 is 1.70 bits per heavy atom. The molecule has 1 aliphatic carbocycles. The highest BCUT2D eigenvalue weighted by atomic mass is 19.4. The van der Waals surface area contributed by atoms with Crippen molar-refractivity contribution >= 4 is 6.03 Å². The number of halogens is 3. The molecule has 0 aromatic carbocycles. The lowest BCUT2D eigenvalue weighted by Crippen LogP contribution is -2.60. The lowest BCUT2D eigenvalue weighted by molar-refractivity contribution is -0.165. The van der Waals surface area contributed by atoms with Crippen LogP contribution in [0.25, 0.3) is 0 Å². The summed E-state index contributed by atoms with van der Waals surface area (Å²) >= 11 is 0. The number of rotatable bonds is 2. The summed E-state index contributed by atoms with van der Waals surface area (Å²) < 4.78 is 40.0. The summed E-state index contributed by atoms with van der Waals surface area (Å²) in [6.45, 7) is 2.91. The molecule has 2 amide bonds. The van der Waals surface area contributed by atoms with Gasteiger partial charge in [-0.1, -0.05) is 19.3 Å². The maximum absolute atomic E-state index is 13.3. The molecule has 0 bridgehead atoms. The third-order valence-electron chi connectivity index (χ3n) is 5.63. The number of piperidine rings is 1. The monoisotopic (exact) mass is 333 g/mol. The number of hydrogen-bond donors (Lipinski definition) is 1. The van der Waals surface area contributed by atoms with E-state index in [1.54, 1.807) is 4.90 Å². The summed E-state index contributed by atoms with van der Waals surface area (Å²) in [4.78, 5) is 16.3. The number of nitrogens with one attached hydrogen (secondary N) is 1. The highest BCUT2D eigenvalue weighted by molar-refractivity contribution is 5.75. The predicted molar refractivity (Wildman–Crippen MR) is 81.1 cm³/mol. The molecule has 2 saturated heterocycles. The van der Waals surface area contributed by atoms with E-state index in [9.17, 15) is 18.0 Å². The highest BCUT2D eigenvalue weighted by Crippen LogP contribution is 2.35. The van der Waals surface area contributed by atoms with Crippen LogP contribution in [0.2, 0.25) is 0 Å². The Bertz CT molecular complexity index is 423. The number of carbonyl (C=O) groups is 1. The highest BCUT2D eigenvalue weighted by Gasteiger charge is 2.47. The fraction of sp³-hybridized carbons (Fsp3) is 0.938. The molecular weight excluding hydrogens is 307 g/mol. The third kappa shape index (κ3) is 3.92. The second-order valence-corrected chi connectivity index (χ2v) is 7.14. The van der Waals surface area contributed by atoms with Crippen molar-refractivity contribution in [2.24, 2.45) is 5.92 Å². The quantitative estimate of drug-likeness (QED) is 0.843. The fourth-order valence-corrected chi connectivity index (χ4v) is 4.32. The molecule has 0 spiro atoms. The lowest BCUT2D eigenvalue weighted by Gasteiger charge is -2.44. The number of alkyl halides is 3. The minimum atomic E-state index is -4.36. The van der Waals surface area contributed by atoms with Gasteiger partial charge in [0.1, 0.15) is 6.04 Å². The summed E-state index contributed by atoms with van der Waals surface area (Å²) in [6.07, 6.45) is 1.76. The normalized spacial score (nSPS) is 28.5. The zero-order valence-corrected chi connectivity index (χ0v) is 13.4. The van der Waals surface area contributed by atoms with Gasteiger partial charge >= 0.3 is 12.2 Å². The Morgan fingerprint density at radius 3 is 2.39 bits per heavy atom. The van der Waals surface area contributed by atoms with Gasteiger partial charge in [0.05, 0.1) is 0 Å². The molecule has 2 atom stereocenters. The predicted octanol–water partition coefficient (Wildman–Crippen LogP) is 2.99. The van der Waals surface area contributed by atoms with Crippen LogP contribution in [0.15, 0.2) is 0 Å². The first kappa shape index (κ1) is 16.9. The van der Waals surface area contributed by atoms with E-state index in [1.807, 2.05) is 0 Å². The van der Waals surface area contributed by atoms with E-state index in [1.165, 1.54) is 6.42 Å². The molecule has 132 valence electrons. The van der Waals surface area contributed by atoms with Crippen LogP contribution in [0.4, 0.5) is 18.0 Å². The topological polar surface area (TPSA) is 35.6 Å². The molecule has 4 nitrogen and oxygen atoms in total. The van der Waals surface area contributed by atoms with E-state index < -0.39 is 24.2 Å². The van der Waals surface area contributed by atoms with Crippen LogP contribution in [0.3, 0.4) is 0 Å². The van der Waals surface area contributed by atoms with Gasteiger partial charge in [0.25, 0.3) is 0 Å². The summed E-state index contributed by atoms with van der Waals surface area (Å²) in [5, 5.41) is 2.31. The standard InChI is InChI=1S/C16H26F3N3O/c17-16(18,19)14(12-5-1-2-6-12)20-15(23)22-10-9-21-8-4-3-7-13(21)11-22/h12-14H,1-11H2,(H,20,23)/t13-,14-/m0/s1. The second kappa shape index (κ2) is 6.87. The SMILES string of the molecule is O=C(N[C@@H](C1CCCC1)C(F)(F)F)N1CCN2CCCC[C@H]2C1. The van der Waals surface area contributed by atoms with Crippen molar-refractivity contribution in [3.05, 3.63) is 0 Å². The van der Waals surface area contributed by atoms with E-state index in [-0.39, 0.29) is 0 Å². The zero-order chi connectivity index (χ0) is 16.4. The minimum Gasteiger partial charge on any atom is -0.326 e. The van der Waals surface area contributed by atoms with Gasteiger partial charge in [-0.25, -0.2) is 4.79 Å². The first-order chi connectivity index (χ1) is 10.9. The maximum atomic E-state index is 13.3. The third-order valence-corrected chi connectivity index (χ3v) is 5.63. The van der Waals surface area contributed by atoms with E-state index in [2.05, 4.69) is 10.2 Å². The van der Waals surface area contributed by atoms with Crippen LogP contribution >= 0.6 is 0 Å². The first-order valence-corrected chi connectivity index (χ1v) is 8.81. The lowest BCUT2D eigenvalue weighted by atomic mass is 9.97. The molecule has 0 aromatic heterocycles. The van der Waals surface area contributed by atoms with Crippen molar-refractivity contribution < 1.29 is 18.0 Å². The Kier molecular flexibility index (Phi) is 5.04. The van der Waals surface area contributed by atoms with Crippen LogP contribution in [-0.4, -0.2) is 60.3 Å². The maximum Gasteiger partial charge on any atom is 0.408 e. The molecule has 0 aromatic rings. The van der Waals surface area contributed by atoms with Crippen LogP contribution < -0.4 is 5.32 Å². The smallest absolute Gasteiger partial charge is 0.326 e. The first-order valence-electron chi connectivity index (χ1n) is 8.81. The average Bonchev–Trinajstić information content (AvgIpc) is 3.04. The van der Waals surface area contributed by atoms with Crippen LogP contribution in [0.1, 0.15) is 44.9 Å². The number of carbonyl (C=O) groups excluding carboxylic acids is 1. The summed E-state index contributed by atoms with van der Waals surface area (Å²) in [5.74, 6) is -0.463. The van der Waals surface area contributed by atoms with Gasteiger partial charge in [0.15, 0.2) is 0 Å². The zero-order valence-electron chi connectivity index (χ0n) is 13.4. The number of urea groups is 1. The fourth-order valence-electron chi connectivity index (χ4n) is 4.32. The van der Waals surface area contributed by atoms with Crippen LogP contribution in [-0.2, 0) is 0 Å². The summed E-state index contributed by atoms with van der Waals surface area (Å²) in [6, 6.07) is -1.91. The van der Waals surface area contributed by atoms with Crippen molar-refractivity contribution in [3.8, 4) is 0 Å². The number of piperazine rings is 1. The Labute approximate surface area is 135 Å². The van der Waals surface area contributed by atoms with Crippen molar-refractivity contribution in [1.82, 2.24) is 15.1 Å². The Balaban J connectivity index is 1.60. The van der Waals surface area contributed by atoms with Crippen molar-refractivity contribution in [1.29, 1.82) is 0 Å². The molecule has 7 heteroatoms. The minimum absolute atomic E-state index is 0.319. The molecule has 2 aliphatic heterocycles. The largest absolute Gasteiger partial charge is 0.408 e. The average molecular weight is 333 g/mol. The molecular formula is C16H26F3N3O. The molecule has 0 radical (unpaired) electrons. The second-order valence-electron chi connectivity index (χ2n) is 7.14. The number of nitrogens with zero attached hydrogens (tertiary/aromatic N) is 2. The summed E-state index contributed by atoms with van der Waals surface area (Å²) in [7, 11) is 0. The van der Waals surface area contributed by atoms with Crippen molar-refractivity contribution in [3.63, 3.8) is 0 Å². The van der Waals surface area contributed by atoms with Gasteiger partial charge in [-0.15, -0.1) is 0 Å². The van der Waals surface area contributed by atoms with Gasteiger partial charge < -0.3 is 10.2 Å². The van der Waals surface area contributed by atoms with Gasteiger partial charge in [-0.2, -0.15) is 13.2 Å². The molecule has 1 saturated carbocycles. The van der Waals surface area contributed by atoms with Gasteiger partial charge in [-0.3, -0.25) is 4.90 Å². The van der Waals surface area contributed by atoms with Crippen molar-refractivity contribution in [2.45, 2.75) is 63.2 Å². The molecule has 3 aliphatic rings. The Morgan fingerprint density at radius 1 is 1.00 bits per heavy atom. The van der Waals surface area contributed by atoms with E-state index in [0.29, 0.717) is 32.0 Å². The van der Waals surface area contributed by atoms with Gasteiger partial charge in [0.2, 0.25) is 0 Å². The van der Waals surface area contributed by atoms with E-state index in [4.69, 9.17) is 0 Å². The molecule has 3 fully saturated rings.